The van der Waals surface area contributed by atoms with Crippen LogP contribution in [0.1, 0.15) is 36.1 Å². The monoisotopic (exact) mass is 376 g/mol. The number of aryl methyl sites for hydroxylation is 2. The lowest BCUT2D eigenvalue weighted by Gasteiger charge is -2.25. The zero-order valence-electron chi connectivity index (χ0n) is 15.9. The summed E-state index contributed by atoms with van der Waals surface area (Å²) in [4.78, 5) is 30.7. The molecule has 1 N–H and O–H groups in total. The van der Waals surface area contributed by atoms with Gasteiger partial charge < -0.3 is 9.88 Å². The van der Waals surface area contributed by atoms with Crippen LogP contribution in [0, 0.1) is 0 Å². The highest BCUT2D eigenvalue weighted by Gasteiger charge is 2.30. The first-order chi connectivity index (χ1) is 13.7. The van der Waals surface area contributed by atoms with Gasteiger partial charge in [0.25, 0.3) is 5.56 Å². The van der Waals surface area contributed by atoms with Gasteiger partial charge in [-0.15, -0.1) is 0 Å². The van der Waals surface area contributed by atoms with Crippen LogP contribution < -0.4 is 5.56 Å². The Morgan fingerprint density at radius 2 is 2.11 bits per heavy atom. The van der Waals surface area contributed by atoms with Gasteiger partial charge in [0, 0.05) is 29.7 Å². The third kappa shape index (κ3) is 3.03. The summed E-state index contributed by atoms with van der Waals surface area (Å²) in [7, 11) is 0. The largest absolute Gasteiger partial charge is 0.361 e. The number of hydrogen-bond donors (Lipinski definition) is 1. The van der Waals surface area contributed by atoms with Crippen LogP contribution in [-0.2, 0) is 30.6 Å². The van der Waals surface area contributed by atoms with Crippen LogP contribution in [0.5, 0.6) is 0 Å². The van der Waals surface area contributed by atoms with Crippen LogP contribution in [0.15, 0.2) is 41.3 Å². The predicted octanol–water partition coefficient (Wildman–Crippen LogP) is 2.45. The van der Waals surface area contributed by atoms with Crippen LogP contribution in [-0.4, -0.2) is 38.2 Å². The zero-order chi connectivity index (χ0) is 19.1. The van der Waals surface area contributed by atoms with Crippen molar-refractivity contribution >= 4 is 16.8 Å². The second-order valence-corrected chi connectivity index (χ2v) is 7.91. The van der Waals surface area contributed by atoms with E-state index in [1.165, 1.54) is 0 Å². The molecule has 1 atom stereocenters. The number of nitrogens with zero attached hydrogens (tertiary/aromatic N) is 3. The molecule has 2 aliphatic rings. The van der Waals surface area contributed by atoms with Crippen molar-refractivity contribution in [2.24, 2.45) is 0 Å². The number of carbonyl (C=O) groups excluding carboxylic acids is 1. The smallest absolute Gasteiger partial charge is 0.267 e. The first kappa shape index (κ1) is 17.2. The van der Waals surface area contributed by atoms with E-state index >= 15 is 0 Å². The molecule has 1 amide bonds. The summed E-state index contributed by atoms with van der Waals surface area (Å²) in [5, 5.41) is 5.69. The van der Waals surface area contributed by atoms with E-state index in [0.29, 0.717) is 13.0 Å². The number of aromatic amines is 1. The second kappa shape index (κ2) is 6.93. The van der Waals surface area contributed by atoms with Gasteiger partial charge in [-0.1, -0.05) is 18.2 Å². The Morgan fingerprint density at radius 3 is 3.04 bits per heavy atom. The van der Waals surface area contributed by atoms with Crippen LogP contribution in [0.2, 0.25) is 0 Å². The zero-order valence-corrected chi connectivity index (χ0v) is 15.9. The third-order valence-corrected chi connectivity index (χ3v) is 6.12. The SMILES string of the molecule is O=C(Cc1c[nH]c2ccccc12)N1CCCC1Cn1nc2c(cc1=O)CCC2. The maximum Gasteiger partial charge on any atom is 0.267 e. The molecule has 1 unspecified atom stereocenters. The van der Waals surface area contributed by atoms with Gasteiger partial charge in [0.15, 0.2) is 0 Å². The fourth-order valence-electron chi connectivity index (χ4n) is 4.67. The summed E-state index contributed by atoms with van der Waals surface area (Å²) in [6, 6.07) is 9.83. The van der Waals surface area contributed by atoms with Gasteiger partial charge in [-0.05, 0) is 49.3 Å². The van der Waals surface area contributed by atoms with E-state index in [4.69, 9.17) is 0 Å². The molecule has 3 aromatic rings. The van der Waals surface area contributed by atoms with Crippen molar-refractivity contribution in [3.63, 3.8) is 0 Å². The number of benzene rings is 1. The summed E-state index contributed by atoms with van der Waals surface area (Å²) >= 11 is 0. The Hall–Kier alpha value is -2.89. The Bertz CT molecular complexity index is 1100. The standard InChI is InChI=1S/C22H24N4O2/c27-21(12-16-13-23-20-8-2-1-7-18(16)20)25-10-4-6-17(25)14-26-22(28)11-15-5-3-9-19(15)24-26/h1-2,7-8,11,13,17,23H,3-6,9-10,12,14H2. The quantitative estimate of drug-likeness (QED) is 0.760. The number of para-hydroxylation sites is 1. The number of amides is 1. The highest BCUT2D eigenvalue weighted by atomic mass is 16.2. The topological polar surface area (TPSA) is 71.0 Å². The van der Waals surface area contributed by atoms with Crippen molar-refractivity contribution < 1.29 is 4.79 Å². The van der Waals surface area contributed by atoms with Crippen molar-refractivity contribution in [3.05, 3.63) is 63.7 Å². The normalized spacial score (nSPS) is 18.7. The van der Waals surface area contributed by atoms with E-state index in [1.807, 2.05) is 35.4 Å². The average molecular weight is 376 g/mol. The van der Waals surface area contributed by atoms with Gasteiger partial charge in [0.1, 0.15) is 0 Å². The minimum absolute atomic E-state index is 0.0439. The molecular formula is C22H24N4O2. The number of fused-ring (bicyclic) bond motifs is 2. The maximum atomic E-state index is 13.0. The lowest BCUT2D eigenvalue weighted by Crippen LogP contribution is -2.41. The molecule has 2 aromatic heterocycles. The molecule has 1 fully saturated rings. The van der Waals surface area contributed by atoms with Crippen molar-refractivity contribution in [2.75, 3.05) is 6.54 Å². The highest BCUT2D eigenvalue weighted by molar-refractivity contribution is 5.89. The molecule has 0 bridgehead atoms. The van der Waals surface area contributed by atoms with Crippen LogP contribution in [0.25, 0.3) is 10.9 Å². The third-order valence-electron chi connectivity index (χ3n) is 6.12. The summed E-state index contributed by atoms with van der Waals surface area (Å²) in [6.07, 6.45) is 7.19. The molecule has 3 heterocycles. The van der Waals surface area contributed by atoms with Gasteiger partial charge in [-0.25, -0.2) is 4.68 Å². The molecule has 1 aromatic carbocycles. The molecule has 0 saturated carbocycles. The Balaban J connectivity index is 1.34. The second-order valence-electron chi connectivity index (χ2n) is 7.91. The number of nitrogens with one attached hydrogen (secondary N) is 1. The minimum Gasteiger partial charge on any atom is -0.361 e. The van der Waals surface area contributed by atoms with E-state index in [9.17, 15) is 9.59 Å². The molecular weight excluding hydrogens is 352 g/mol. The van der Waals surface area contributed by atoms with Crippen molar-refractivity contribution in [1.82, 2.24) is 19.7 Å². The van der Waals surface area contributed by atoms with Crippen molar-refractivity contribution in [1.29, 1.82) is 0 Å². The first-order valence-electron chi connectivity index (χ1n) is 10.1. The number of H-pyrrole nitrogens is 1. The minimum atomic E-state index is -0.0448. The highest BCUT2D eigenvalue weighted by Crippen LogP contribution is 2.23. The summed E-state index contributed by atoms with van der Waals surface area (Å²) in [6.45, 7) is 1.25. The van der Waals surface area contributed by atoms with Crippen molar-refractivity contribution in [3.8, 4) is 0 Å². The van der Waals surface area contributed by atoms with Gasteiger partial charge in [0.2, 0.25) is 5.91 Å². The average Bonchev–Trinajstić information content (AvgIpc) is 3.42. The Kier molecular flexibility index (Phi) is 4.26. The molecule has 1 saturated heterocycles. The molecule has 28 heavy (non-hydrogen) atoms. The summed E-state index contributed by atoms with van der Waals surface area (Å²) < 4.78 is 1.58. The fraction of sp³-hybridized carbons (Fsp3) is 0.409. The number of likely N-dealkylation sites (tertiary alicyclic amines) is 1. The van der Waals surface area contributed by atoms with Crippen LogP contribution in [0.4, 0.5) is 0 Å². The van der Waals surface area contributed by atoms with E-state index in [-0.39, 0.29) is 17.5 Å². The summed E-state index contributed by atoms with van der Waals surface area (Å²) in [5.74, 6) is 0.126. The fourth-order valence-corrected chi connectivity index (χ4v) is 4.67. The Labute approximate surface area is 163 Å². The van der Waals surface area contributed by atoms with E-state index in [2.05, 4.69) is 10.1 Å². The molecule has 6 heteroatoms. The van der Waals surface area contributed by atoms with Crippen molar-refractivity contribution in [2.45, 2.75) is 51.1 Å². The Morgan fingerprint density at radius 1 is 1.21 bits per heavy atom. The van der Waals surface area contributed by atoms with Crippen LogP contribution in [0.3, 0.4) is 0 Å². The number of hydrogen-bond acceptors (Lipinski definition) is 3. The molecule has 5 rings (SSSR count). The van der Waals surface area contributed by atoms with Crippen LogP contribution >= 0.6 is 0 Å². The predicted molar refractivity (Wildman–Crippen MR) is 107 cm³/mol. The van der Waals surface area contributed by atoms with Gasteiger partial charge in [-0.2, -0.15) is 5.10 Å². The molecule has 0 radical (unpaired) electrons. The first-order valence-corrected chi connectivity index (χ1v) is 10.1. The molecule has 144 valence electrons. The number of rotatable bonds is 4. The van der Waals surface area contributed by atoms with E-state index in [1.54, 1.807) is 10.7 Å². The number of carbonyl (C=O) groups is 1. The molecule has 1 aliphatic heterocycles. The summed E-state index contributed by atoms with van der Waals surface area (Å²) in [5.41, 5.74) is 4.18. The lowest BCUT2D eigenvalue weighted by atomic mass is 10.1. The van der Waals surface area contributed by atoms with E-state index < -0.39 is 0 Å². The van der Waals surface area contributed by atoms with Gasteiger partial charge in [-0.3, -0.25) is 9.59 Å². The van der Waals surface area contributed by atoms with E-state index in [0.717, 1.165) is 66.4 Å². The van der Waals surface area contributed by atoms with Gasteiger partial charge in [0.05, 0.1) is 24.7 Å². The molecule has 1 aliphatic carbocycles. The number of aromatic nitrogens is 3. The molecule has 0 spiro atoms. The lowest BCUT2D eigenvalue weighted by molar-refractivity contribution is -0.131. The van der Waals surface area contributed by atoms with Gasteiger partial charge >= 0.3 is 0 Å². The molecule has 6 nitrogen and oxygen atoms in total. The maximum absolute atomic E-state index is 13.0.